The fourth-order valence-electron chi connectivity index (χ4n) is 5.12. The van der Waals surface area contributed by atoms with Crippen molar-refractivity contribution in [2.24, 2.45) is 0 Å². The second-order valence-corrected chi connectivity index (χ2v) is 11.8. The molecule has 0 aliphatic carbocycles. The maximum Gasteiger partial charge on any atom is 0.243 e. The number of nitrogens with one attached hydrogen (secondary N) is 1. The number of ether oxygens (including phenoxy) is 3. The molecule has 1 amide bonds. The Morgan fingerprint density at radius 3 is 2.75 bits per heavy atom. The lowest BCUT2D eigenvalue weighted by Gasteiger charge is -2.43. The van der Waals surface area contributed by atoms with Gasteiger partial charge in [0.05, 0.1) is 62.1 Å². The van der Waals surface area contributed by atoms with Crippen LogP contribution in [0.25, 0.3) is 0 Å². The standard InChI is InChI=1S/C25H39N3O7S/c1-19-4-2-5-22(14-19)36(31,32)28-16-20(29)17-34-18-24-23(28)7-6-21(35-24)15-25(30)26-8-3-9-27-10-12-33-13-11-27/h2,4-5,14,20-21,23-24,29H,3,6-13,15-18H2,1H3,(H,26,30)/t20-,21+,23+,24-/m0/s1. The van der Waals surface area contributed by atoms with Crippen LogP contribution in [-0.2, 0) is 29.0 Å². The minimum absolute atomic E-state index is 0.0285. The molecule has 2 N–H and O–H groups in total. The van der Waals surface area contributed by atoms with Crippen molar-refractivity contribution in [2.75, 3.05) is 59.2 Å². The third kappa shape index (κ3) is 7.25. The lowest BCUT2D eigenvalue weighted by atomic mass is 9.96. The third-order valence-corrected chi connectivity index (χ3v) is 8.91. The minimum Gasteiger partial charge on any atom is -0.389 e. The normalized spacial score (nSPS) is 28.6. The van der Waals surface area contributed by atoms with Gasteiger partial charge in [0.25, 0.3) is 0 Å². The Labute approximate surface area is 213 Å². The lowest BCUT2D eigenvalue weighted by molar-refractivity contribution is -0.146. The van der Waals surface area contributed by atoms with Crippen molar-refractivity contribution in [1.82, 2.24) is 14.5 Å². The van der Waals surface area contributed by atoms with Crippen molar-refractivity contribution in [3.63, 3.8) is 0 Å². The molecular weight excluding hydrogens is 486 g/mol. The number of benzene rings is 1. The summed E-state index contributed by atoms with van der Waals surface area (Å²) in [6, 6.07) is 6.31. The summed E-state index contributed by atoms with van der Waals surface area (Å²) in [6.45, 7) is 6.92. The van der Waals surface area contributed by atoms with E-state index in [4.69, 9.17) is 14.2 Å². The van der Waals surface area contributed by atoms with E-state index in [1.807, 2.05) is 13.0 Å². The first-order chi connectivity index (χ1) is 17.3. The van der Waals surface area contributed by atoms with Crippen LogP contribution in [0.3, 0.4) is 0 Å². The number of aryl methyl sites for hydroxylation is 1. The Hall–Kier alpha value is -1.60. The van der Waals surface area contributed by atoms with Crippen molar-refractivity contribution in [2.45, 2.75) is 61.9 Å². The first-order valence-corrected chi connectivity index (χ1v) is 14.3. The van der Waals surface area contributed by atoms with Crippen LogP contribution in [0.4, 0.5) is 0 Å². The topological polar surface area (TPSA) is 118 Å². The number of carbonyl (C=O) groups excluding carboxylic acids is 1. The summed E-state index contributed by atoms with van der Waals surface area (Å²) in [7, 11) is -3.85. The van der Waals surface area contributed by atoms with Crippen LogP contribution in [0.2, 0.25) is 0 Å². The molecule has 1 aromatic rings. The molecule has 3 aliphatic rings. The zero-order valence-electron chi connectivity index (χ0n) is 21.0. The first-order valence-electron chi connectivity index (χ1n) is 12.9. The van der Waals surface area contributed by atoms with Gasteiger partial charge in [-0.25, -0.2) is 8.42 Å². The van der Waals surface area contributed by atoms with E-state index >= 15 is 0 Å². The predicted molar refractivity (Wildman–Crippen MR) is 133 cm³/mol. The van der Waals surface area contributed by atoms with E-state index < -0.39 is 28.3 Å². The number of morpholine rings is 1. The molecule has 0 bridgehead atoms. The van der Waals surface area contributed by atoms with Crippen LogP contribution in [0.5, 0.6) is 0 Å². The molecule has 0 aromatic heterocycles. The molecule has 0 unspecified atom stereocenters. The van der Waals surface area contributed by atoms with Gasteiger partial charge in [-0.15, -0.1) is 0 Å². The summed E-state index contributed by atoms with van der Waals surface area (Å²) in [4.78, 5) is 15.1. The molecule has 4 atom stereocenters. The van der Waals surface area contributed by atoms with E-state index in [1.54, 1.807) is 18.2 Å². The monoisotopic (exact) mass is 525 g/mol. The van der Waals surface area contributed by atoms with Crippen molar-refractivity contribution in [3.05, 3.63) is 29.8 Å². The molecule has 1 aromatic carbocycles. The predicted octanol–water partition coefficient (Wildman–Crippen LogP) is 0.522. The van der Waals surface area contributed by atoms with E-state index in [2.05, 4.69) is 10.2 Å². The Kier molecular flexibility index (Phi) is 9.73. The SMILES string of the molecule is Cc1cccc(S(=O)(=O)N2C[C@H](O)COC[C@@H]3O[C@@H](CC(=O)NCCCN4CCOCC4)CC[C@H]32)c1. The number of fused-ring (bicyclic) bond motifs is 1. The van der Waals surface area contributed by atoms with Gasteiger partial charge in [0, 0.05) is 26.2 Å². The van der Waals surface area contributed by atoms with Gasteiger partial charge < -0.3 is 24.6 Å². The van der Waals surface area contributed by atoms with Crippen LogP contribution < -0.4 is 5.32 Å². The number of amides is 1. The maximum absolute atomic E-state index is 13.6. The number of aliphatic hydroxyl groups excluding tert-OH is 1. The highest BCUT2D eigenvalue weighted by atomic mass is 32.2. The summed E-state index contributed by atoms with van der Waals surface area (Å²) in [5, 5.41) is 13.3. The lowest BCUT2D eigenvalue weighted by Crippen LogP contribution is -2.57. The average Bonchev–Trinajstić information content (AvgIpc) is 2.85. The molecule has 3 saturated heterocycles. The summed E-state index contributed by atoms with van der Waals surface area (Å²) in [6.07, 6.45) is 0.454. The molecule has 202 valence electrons. The molecule has 3 aliphatic heterocycles. The Balaban J connectivity index is 1.33. The van der Waals surface area contributed by atoms with E-state index in [0.717, 1.165) is 44.8 Å². The Bertz CT molecular complexity index is 970. The third-order valence-electron chi connectivity index (χ3n) is 7.02. The number of β-amino-alcohol motifs (C(OH)–C–C–N with tert-alkyl or cyclic N) is 1. The molecule has 36 heavy (non-hydrogen) atoms. The number of hydrogen-bond acceptors (Lipinski definition) is 8. The fraction of sp³-hybridized carbons (Fsp3) is 0.720. The smallest absolute Gasteiger partial charge is 0.243 e. The van der Waals surface area contributed by atoms with Crippen LogP contribution in [0.1, 0.15) is 31.2 Å². The molecule has 3 heterocycles. The van der Waals surface area contributed by atoms with Crippen LogP contribution in [0.15, 0.2) is 29.2 Å². The molecule has 0 saturated carbocycles. The van der Waals surface area contributed by atoms with Crippen molar-refractivity contribution >= 4 is 15.9 Å². The molecule has 3 fully saturated rings. The molecule has 10 nitrogen and oxygen atoms in total. The van der Waals surface area contributed by atoms with Crippen molar-refractivity contribution in [1.29, 1.82) is 0 Å². The van der Waals surface area contributed by atoms with Gasteiger partial charge in [0.15, 0.2) is 0 Å². The van der Waals surface area contributed by atoms with E-state index in [9.17, 15) is 18.3 Å². The number of aliphatic hydroxyl groups is 1. The molecule has 0 spiro atoms. The van der Waals surface area contributed by atoms with Gasteiger partial charge in [0.1, 0.15) is 0 Å². The minimum atomic E-state index is -3.85. The van der Waals surface area contributed by atoms with Gasteiger partial charge in [0.2, 0.25) is 15.9 Å². The molecule has 4 rings (SSSR count). The highest BCUT2D eigenvalue weighted by Crippen LogP contribution is 2.31. The largest absolute Gasteiger partial charge is 0.389 e. The van der Waals surface area contributed by atoms with E-state index in [0.29, 0.717) is 19.4 Å². The highest BCUT2D eigenvalue weighted by molar-refractivity contribution is 7.89. The second-order valence-electron chi connectivity index (χ2n) is 9.89. The van der Waals surface area contributed by atoms with Gasteiger partial charge in [-0.3, -0.25) is 9.69 Å². The zero-order chi connectivity index (χ0) is 25.5. The van der Waals surface area contributed by atoms with Gasteiger partial charge in [-0.1, -0.05) is 12.1 Å². The quantitative estimate of drug-likeness (QED) is 0.472. The van der Waals surface area contributed by atoms with Gasteiger partial charge in [-0.05, 0) is 50.4 Å². The van der Waals surface area contributed by atoms with Crippen LogP contribution in [0, 0.1) is 6.92 Å². The number of nitrogens with zero attached hydrogens (tertiary/aromatic N) is 2. The first kappa shape index (κ1) is 27.4. The van der Waals surface area contributed by atoms with Crippen LogP contribution in [-0.4, -0.2) is 112 Å². The molecule has 11 heteroatoms. The number of rotatable bonds is 8. The molecule has 0 radical (unpaired) electrons. The zero-order valence-corrected chi connectivity index (χ0v) is 21.8. The van der Waals surface area contributed by atoms with Gasteiger partial charge >= 0.3 is 0 Å². The Morgan fingerprint density at radius 2 is 1.97 bits per heavy atom. The summed E-state index contributed by atoms with van der Waals surface area (Å²) in [5.74, 6) is -0.0631. The highest BCUT2D eigenvalue weighted by Gasteiger charge is 2.43. The number of carbonyl (C=O) groups is 1. The molecular formula is C25H39N3O7S. The summed E-state index contributed by atoms with van der Waals surface area (Å²) >= 11 is 0. The van der Waals surface area contributed by atoms with E-state index in [-0.39, 0.29) is 43.1 Å². The number of sulfonamides is 1. The van der Waals surface area contributed by atoms with Crippen molar-refractivity contribution in [3.8, 4) is 0 Å². The fourth-order valence-corrected chi connectivity index (χ4v) is 6.94. The summed E-state index contributed by atoms with van der Waals surface area (Å²) in [5.41, 5.74) is 0.847. The Morgan fingerprint density at radius 1 is 1.17 bits per heavy atom. The second kappa shape index (κ2) is 12.8. The van der Waals surface area contributed by atoms with Crippen molar-refractivity contribution < 1.29 is 32.5 Å². The number of hydrogen-bond donors (Lipinski definition) is 2. The maximum atomic E-state index is 13.6. The average molecular weight is 526 g/mol. The van der Waals surface area contributed by atoms with Gasteiger partial charge in [-0.2, -0.15) is 4.31 Å². The summed E-state index contributed by atoms with van der Waals surface area (Å²) < 4.78 is 45.7. The van der Waals surface area contributed by atoms with E-state index in [1.165, 1.54) is 4.31 Å². The van der Waals surface area contributed by atoms with Crippen LogP contribution >= 0.6 is 0 Å².